The number of amides is 2. The smallest absolute Gasteiger partial charge is 0.319 e. The third-order valence-corrected chi connectivity index (χ3v) is 2.56. The summed E-state index contributed by atoms with van der Waals surface area (Å²) in [6.45, 7) is 7.14. The third-order valence-electron chi connectivity index (χ3n) is 2.56. The van der Waals surface area contributed by atoms with Crippen LogP contribution in [0, 0.1) is 0 Å². The van der Waals surface area contributed by atoms with Crippen molar-refractivity contribution in [3.63, 3.8) is 0 Å². The number of carbonyl (C=O) groups excluding carboxylic acids is 1. The second kappa shape index (κ2) is 8.53. The van der Waals surface area contributed by atoms with Crippen LogP contribution in [-0.2, 0) is 0 Å². The molecule has 15 heavy (non-hydrogen) atoms. The molecule has 0 aliphatic heterocycles. The van der Waals surface area contributed by atoms with Crippen LogP contribution in [-0.4, -0.2) is 49.1 Å². The van der Waals surface area contributed by atoms with Gasteiger partial charge in [-0.3, -0.25) is 0 Å². The number of nitrogens with two attached hydrogens (primary N) is 1. The number of hydrogen-bond acceptors (Lipinski definition) is 2. The third kappa shape index (κ3) is 5.62. The molecule has 0 radical (unpaired) electrons. The van der Waals surface area contributed by atoms with E-state index in [1.807, 2.05) is 25.8 Å². The van der Waals surface area contributed by atoms with E-state index >= 15 is 0 Å². The summed E-state index contributed by atoms with van der Waals surface area (Å²) >= 11 is 0. The lowest BCUT2D eigenvalue weighted by molar-refractivity contribution is 0.167. The summed E-state index contributed by atoms with van der Waals surface area (Å²) < 4.78 is 0. The highest BCUT2D eigenvalue weighted by molar-refractivity contribution is 5.74. The minimum absolute atomic E-state index is 0.132. The maximum Gasteiger partial charge on any atom is 0.319 e. The van der Waals surface area contributed by atoms with Crippen LogP contribution in [0.3, 0.4) is 0 Å². The van der Waals surface area contributed by atoms with Gasteiger partial charge in [0.15, 0.2) is 0 Å². The molecule has 0 saturated heterocycles. The number of urea groups is 1. The Kier molecular flexibility index (Phi) is 8.09. The minimum atomic E-state index is 0.132. The van der Waals surface area contributed by atoms with E-state index < -0.39 is 0 Å². The molecule has 4 heteroatoms. The zero-order valence-corrected chi connectivity index (χ0v) is 10.3. The molecular formula is C11H25N3O. The average molecular weight is 215 g/mol. The number of rotatable bonds is 7. The second-order valence-corrected chi connectivity index (χ2v) is 3.73. The molecule has 0 saturated carbocycles. The van der Waals surface area contributed by atoms with E-state index in [4.69, 9.17) is 5.73 Å². The SMILES string of the molecule is CCN(CC)C(=O)N(C)CCCCCN. The quantitative estimate of drug-likeness (QED) is 0.654. The van der Waals surface area contributed by atoms with Crippen LogP contribution in [0.1, 0.15) is 33.1 Å². The molecule has 90 valence electrons. The Hall–Kier alpha value is -0.770. The fraction of sp³-hybridized carbons (Fsp3) is 0.909. The van der Waals surface area contributed by atoms with Gasteiger partial charge in [-0.25, -0.2) is 4.79 Å². The first-order valence-corrected chi connectivity index (χ1v) is 5.87. The van der Waals surface area contributed by atoms with Crippen LogP contribution in [0.4, 0.5) is 4.79 Å². The Balaban J connectivity index is 3.77. The lowest BCUT2D eigenvalue weighted by Gasteiger charge is -2.26. The van der Waals surface area contributed by atoms with Gasteiger partial charge in [-0.2, -0.15) is 0 Å². The van der Waals surface area contributed by atoms with Gasteiger partial charge in [0.25, 0.3) is 0 Å². The topological polar surface area (TPSA) is 49.6 Å². The van der Waals surface area contributed by atoms with Crippen LogP contribution in [0.15, 0.2) is 0 Å². The van der Waals surface area contributed by atoms with Gasteiger partial charge in [0, 0.05) is 26.7 Å². The minimum Gasteiger partial charge on any atom is -0.330 e. The van der Waals surface area contributed by atoms with E-state index in [2.05, 4.69) is 0 Å². The molecule has 0 unspecified atom stereocenters. The fourth-order valence-corrected chi connectivity index (χ4v) is 1.50. The Bertz CT molecular complexity index is 169. The first-order chi connectivity index (χ1) is 7.17. The van der Waals surface area contributed by atoms with Crippen molar-refractivity contribution in [2.24, 2.45) is 5.73 Å². The number of nitrogens with zero attached hydrogens (tertiary/aromatic N) is 2. The van der Waals surface area contributed by atoms with Gasteiger partial charge < -0.3 is 15.5 Å². The first kappa shape index (κ1) is 14.2. The average Bonchev–Trinajstić information content (AvgIpc) is 2.25. The van der Waals surface area contributed by atoms with Crippen molar-refractivity contribution in [3.05, 3.63) is 0 Å². The molecule has 0 spiro atoms. The summed E-state index contributed by atoms with van der Waals surface area (Å²) in [7, 11) is 1.86. The summed E-state index contributed by atoms with van der Waals surface area (Å²) in [5, 5.41) is 0. The molecule has 0 heterocycles. The highest BCUT2D eigenvalue weighted by Gasteiger charge is 2.13. The molecule has 0 atom stereocenters. The van der Waals surface area contributed by atoms with Crippen LogP contribution in [0.25, 0.3) is 0 Å². The highest BCUT2D eigenvalue weighted by atomic mass is 16.2. The van der Waals surface area contributed by atoms with Crippen LogP contribution in [0.2, 0.25) is 0 Å². The van der Waals surface area contributed by atoms with Crippen molar-refractivity contribution in [2.75, 3.05) is 33.2 Å². The zero-order valence-electron chi connectivity index (χ0n) is 10.3. The van der Waals surface area contributed by atoms with Gasteiger partial charge in [0.1, 0.15) is 0 Å². The van der Waals surface area contributed by atoms with Crippen molar-refractivity contribution in [2.45, 2.75) is 33.1 Å². The summed E-state index contributed by atoms with van der Waals surface area (Å²) in [4.78, 5) is 15.4. The molecule has 0 aromatic rings. The van der Waals surface area contributed by atoms with Gasteiger partial charge in [-0.1, -0.05) is 6.42 Å². The Morgan fingerprint density at radius 2 is 1.73 bits per heavy atom. The van der Waals surface area contributed by atoms with Crippen molar-refractivity contribution in [1.82, 2.24) is 9.80 Å². The van der Waals surface area contributed by atoms with Gasteiger partial charge in [-0.05, 0) is 33.2 Å². The summed E-state index contributed by atoms with van der Waals surface area (Å²) in [5.41, 5.74) is 5.41. The first-order valence-electron chi connectivity index (χ1n) is 5.87. The lowest BCUT2D eigenvalue weighted by Crippen LogP contribution is -2.41. The van der Waals surface area contributed by atoms with Crippen molar-refractivity contribution < 1.29 is 4.79 Å². The summed E-state index contributed by atoms with van der Waals surface area (Å²) in [6, 6.07) is 0.132. The standard InChI is InChI=1S/C11H25N3O/c1-4-14(5-2)11(15)13(3)10-8-6-7-9-12/h4-10,12H2,1-3H3. The predicted octanol–water partition coefficient (Wildman–Crippen LogP) is 1.51. The predicted molar refractivity (Wildman–Crippen MR) is 63.9 cm³/mol. The van der Waals surface area contributed by atoms with Gasteiger partial charge in [0.2, 0.25) is 0 Å². The molecule has 4 nitrogen and oxygen atoms in total. The molecule has 0 aliphatic rings. The molecule has 2 N–H and O–H groups in total. The molecule has 0 fully saturated rings. The van der Waals surface area contributed by atoms with Crippen LogP contribution in [0.5, 0.6) is 0 Å². The van der Waals surface area contributed by atoms with Crippen molar-refractivity contribution in [3.8, 4) is 0 Å². The monoisotopic (exact) mass is 215 g/mol. The zero-order chi connectivity index (χ0) is 11.7. The number of hydrogen-bond donors (Lipinski definition) is 1. The molecule has 0 aromatic carbocycles. The van der Waals surface area contributed by atoms with Gasteiger partial charge in [0.05, 0.1) is 0 Å². The van der Waals surface area contributed by atoms with E-state index in [0.717, 1.165) is 45.4 Å². The van der Waals surface area contributed by atoms with Gasteiger partial charge in [-0.15, -0.1) is 0 Å². The molecule has 0 aromatic heterocycles. The van der Waals surface area contributed by atoms with E-state index in [1.165, 1.54) is 0 Å². The number of unbranched alkanes of at least 4 members (excludes halogenated alkanes) is 2. The normalized spacial score (nSPS) is 10.1. The maximum absolute atomic E-state index is 11.8. The fourth-order valence-electron chi connectivity index (χ4n) is 1.50. The molecular weight excluding hydrogens is 190 g/mol. The molecule has 0 rings (SSSR count). The molecule has 0 bridgehead atoms. The van der Waals surface area contributed by atoms with E-state index in [9.17, 15) is 4.79 Å². The number of carbonyl (C=O) groups is 1. The van der Waals surface area contributed by atoms with E-state index in [-0.39, 0.29) is 6.03 Å². The second-order valence-electron chi connectivity index (χ2n) is 3.73. The van der Waals surface area contributed by atoms with Gasteiger partial charge >= 0.3 is 6.03 Å². The van der Waals surface area contributed by atoms with E-state index in [1.54, 1.807) is 4.90 Å². The Labute approximate surface area is 93.4 Å². The molecule has 2 amide bonds. The lowest BCUT2D eigenvalue weighted by atomic mass is 10.2. The van der Waals surface area contributed by atoms with Crippen LogP contribution >= 0.6 is 0 Å². The van der Waals surface area contributed by atoms with Crippen molar-refractivity contribution in [1.29, 1.82) is 0 Å². The highest BCUT2D eigenvalue weighted by Crippen LogP contribution is 2.00. The summed E-state index contributed by atoms with van der Waals surface area (Å²) in [5.74, 6) is 0. The van der Waals surface area contributed by atoms with Crippen LogP contribution < -0.4 is 5.73 Å². The Morgan fingerprint density at radius 3 is 2.20 bits per heavy atom. The van der Waals surface area contributed by atoms with E-state index in [0.29, 0.717) is 0 Å². The maximum atomic E-state index is 11.8. The Morgan fingerprint density at radius 1 is 1.13 bits per heavy atom. The summed E-state index contributed by atoms with van der Waals surface area (Å²) in [6.07, 6.45) is 3.19. The largest absolute Gasteiger partial charge is 0.330 e. The molecule has 0 aliphatic carbocycles. The van der Waals surface area contributed by atoms with Crippen molar-refractivity contribution >= 4 is 6.03 Å².